The Morgan fingerprint density at radius 2 is 2.21 bits per heavy atom. The molecule has 2 rings (SSSR count). The Morgan fingerprint density at radius 1 is 1.47 bits per heavy atom. The van der Waals surface area contributed by atoms with E-state index >= 15 is 0 Å². The van der Waals surface area contributed by atoms with Crippen molar-refractivity contribution in [2.45, 2.75) is 44.8 Å². The van der Waals surface area contributed by atoms with Crippen molar-refractivity contribution < 1.29 is 9.53 Å². The van der Waals surface area contributed by atoms with Crippen LogP contribution in [0.15, 0.2) is 24.3 Å². The highest BCUT2D eigenvalue weighted by molar-refractivity contribution is 5.95. The number of carbonyl (C=O) groups excluding carboxylic acids is 1. The quantitative estimate of drug-likeness (QED) is 0.854. The fraction of sp³-hybridized carbons (Fsp3) is 0.533. The number of hydrogen-bond donors (Lipinski definition) is 2. The molecule has 1 fully saturated rings. The van der Waals surface area contributed by atoms with Gasteiger partial charge in [0.15, 0.2) is 0 Å². The van der Waals surface area contributed by atoms with Gasteiger partial charge in [0.1, 0.15) is 5.75 Å². The number of nitrogens with two attached hydrogens (primary N) is 1. The molecule has 0 unspecified atom stereocenters. The molecule has 3 N–H and O–H groups in total. The highest BCUT2D eigenvalue weighted by atomic mass is 16.5. The summed E-state index contributed by atoms with van der Waals surface area (Å²) >= 11 is 0. The number of benzene rings is 1. The van der Waals surface area contributed by atoms with Crippen LogP contribution in [0.25, 0.3) is 0 Å². The fourth-order valence-corrected chi connectivity index (χ4v) is 2.28. The van der Waals surface area contributed by atoms with Crippen LogP contribution in [-0.4, -0.2) is 24.1 Å². The molecule has 0 aliphatic heterocycles. The van der Waals surface area contributed by atoms with Gasteiger partial charge in [0, 0.05) is 12.1 Å². The summed E-state index contributed by atoms with van der Waals surface area (Å²) in [4.78, 5) is 12.2. The SMILES string of the molecule is CC(C)Oc1cccc(C(=O)NC2(CN)CCC2)c1. The van der Waals surface area contributed by atoms with Crippen LogP contribution in [0.5, 0.6) is 5.75 Å². The van der Waals surface area contributed by atoms with Gasteiger partial charge in [-0.05, 0) is 51.3 Å². The molecule has 19 heavy (non-hydrogen) atoms. The number of nitrogens with one attached hydrogen (secondary N) is 1. The zero-order valence-corrected chi connectivity index (χ0v) is 11.6. The minimum Gasteiger partial charge on any atom is -0.491 e. The van der Waals surface area contributed by atoms with E-state index in [-0.39, 0.29) is 17.6 Å². The van der Waals surface area contributed by atoms with Crippen molar-refractivity contribution in [1.82, 2.24) is 5.32 Å². The molecule has 0 bridgehead atoms. The van der Waals surface area contributed by atoms with Crippen molar-refractivity contribution in [3.63, 3.8) is 0 Å². The third kappa shape index (κ3) is 3.26. The summed E-state index contributed by atoms with van der Waals surface area (Å²) in [5, 5.41) is 3.06. The van der Waals surface area contributed by atoms with Gasteiger partial charge < -0.3 is 15.8 Å². The average Bonchev–Trinajstić information content (AvgIpc) is 2.33. The van der Waals surface area contributed by atoms with Gasteiger partial charge >= 0.3 is 0 Å². The van der Waals surface area contributed by atoms with Gasteiger partial charge in [-0.3, -0.25) is 4.79 Å². The highest BCUT2D eigenvalue weighted by Crippen LogP contribution is 2.31. The first-order valence-corrected chi connectivity index (χ1v) is 6.84. The van der Waals surface area contributed by atoms with Crippen LogP contribution in [0.2, 0.25) is 0 Å². The summed E-state index contributed by atoms with van der Waals surface area (Å²) in [5.41, 5.74) is 6.19. The lowest BCUT2D eigenvalue weighted by Gasteiger charge is -2.41. The average molecular weight is 262 g/mol. The van der Waals surface area contributed by atoms with Crippen LogP contribution < -0.4 is 15.8 Å². The minimum absolute atomic E-state index is 0.0700. The van der Waals surface area contributed by atoms with Crippen LogP contribution in [0, 0.1) is 0 Å². The fourth-order valence-electron chi connectivity index (χ4n) is 2.28. The first-order chi connectivity index (χ1) is 9.04. The van der Waals surface area contributed by atoms with E-state index in [1.54, 1.807) is 12.1 Å². The van der Waals surface area contributed by atoms with E-state index in [4.69, 9.17) is 10.5 Å². The summed E-state index contributed by atoms with van der Waals surface area (Å²) in [6, 6.07) is 7.27. The summed E-state index contributed by atoms with van der Waals surface area (Å²) in [7, 11) is 0. The second-order valence-corrected chi connectivity index (χ2v) is 5.49. The zero-order chi connectivity index (χ0) is 13.9. The maximum absolute atomic E-state index is 12.2. The summed E-state index contributed by atoms with van der Waals surface area (Å²) < 4.78 is 5.60. The molecule has 1 aromatic rings. The van der Waals surface area contributed by atoms with E-state index in [1.807, 2.05) is 26.0 Å². The van der Waals surface area contributed by atoms with Crippen LogP contribution in [0.3, 0.4) is 0 Å². The molecule has 104 valence electrons. The van der Waals surface area contributed by atoms with Gasteiger partial charge in [-0.1, -0.05) is 6.07 Å². The molecular weight excluding hydrogens is 240 g/mol. The molecule has 1 aromatic carbocycles. The predicted octanol–water partition coefficient (Wildman–Crippen LogP) is 2.08. The molecule has 0 atom stereocenters. The Hall–Kier alpha value is -1.55. The number of amides is 1. The van der Waals surface area contributed by atoms with Crippen molar-refractivity contribution >= 4 is 5.91 Å². The lowest BCUT2D eigenvalue weighted by atomic mass is 9.76. The maximum Gasteiger partial charge on any atom is 0.251 e. The molecule has 0 aromatic heterocycles. The Bertz CT molecular complexity index is 448. The van der Waals surface area contributed by atoms with Crippen molar-refractivity contribution in [2.24, 2.45) is 5.73 Å². The third-order valence-electron chi connectivity index (χ3n) is 3.55. The third-order valence-corrected chi connectivity index (χ3v) is 3.55. The lowest BCUT2D eigenvalue weighted by Crippen LogP contribution is -2.58. The van der Waals surface area contributed by atoms with Crippen molar-refractivity contribution in [2.75, 3.05) is 6.54 Å². The Morgan fingerprint density at radius 3 is 2.74 bits per heavy atom. The van der Waals surface area contributed by atoms with E-state index in [2.05, 4.69) is 5.32 Å². The van der Waals surface area contributed by atoms with E-state index < -0.39 is 0 Å². The van der Waals surface area contributed by atoms with Crippen LogP contribution >= 0.6 is 0 Å². The topological polar surface area (TPSA) is 64.3 Å². The Balaban J connectivity index is 2.06. The molecule has 0 radical (unpaired) electrons. The largest absolute Gasteiger partial charge is 0.491 e. The number of carbonyl (C=O) groups is 1. The second kappa shape index (κ2) is 5.61. The normalized spacial score (nSPS) is 16.8. The molecule has 0 spiro atoms. The molecular formula is C15H22N2O2. The van der Waals surface area contributed by atoms with Crippen molar-refractivity contribution in [3.8, 4) is 5.75 Å². The smallest absolute Gasteiger partial charge is 0.251 e. The van der Waals surface area contributed by atoms with Gasteiger partial charge in [-0.2, -0.15) is 0 Å². The highest BCUT2D eigenvalue weighted by Gasteiger charge is 2.37. The van der Waals surface area contributed by atoms with E-state index in [1.165, 1.54) is 0 Å². The van der Waals surface area contributed by atoms with Crippen LogP contribution in [0.1, 0.15) is 43.5 Å². The van der Waals surface area contributed by atoms with E-state index in [0.717, 1.165) is 25.0 Å². The zero-order valence-electron chi connectivity index (χ0n) is 11.6. The number of ether oxygens (including phenoxy) is 1. The van der Waals surface area contributed by atoms with Crippen molar-refractivity contribution in [1.29, 1.82) is 0 Å². The monoisotopic (exact) mass is 262 g/mol. The number of rotatable bonds is 5. The minimum atomic E-state index is -0.188. The summed E-state index contributed by atoms with van der Waals surface area (Å²) in [6.07, 6.45) is 3.17. The van der Waals surface area contributed by atoms with Crippen LogP contribution in [-0.2, 0) is 0 Å². The van der Waals surface area contributed by atoms with E-state index in [0.29, 0.717) is 12.1 Å². The lowest BCUT2D eigenvalue weighted by molar-refractivity contribution is 0.0837. The number of hydrogen-bond acceptors (Lipinski definition) is 3. The molecule has 1 saturated carbocycles. The van der Waals surface area contributed by atoms with E-state index in [9.17, 15) is 4.79 Å². The summed E-state index contributed by atoms with van der Waals surface area (Å²) in [5.74, 6) is 0.650. The van der Waals surface area contributed by atoms with Gasteiger partial charge in [-0.25, -0.2) is 0 Å². The second-order valence-electron chi connectivity index (χ2n) is 5.49. The molecule has 1 aliphatic carbocycles. The first-order valence-electron chi connectivity index (χ1n) is 6.84. The van der Waals surface area contributed by atoms with Crippen LogP contribution in [0.4, 0.5) is 0 Å². The molecule has 0 heterocycles. The van der Waals surface area contributed by atoms with Gasteiger partial charge in [0.2, 0.25) is 0 Å². The Labute approximate surface area is 114 Å². The standard InChI is InChI=1S/C15H22N2O2/c1-11(2)19-13-6-3-5-12(9-13)14(18)17-15(10-16)7-4-8-15/h3,5-6,9,11H,4,7-8,10,16H2,1-2H3,(H,17,18). The first kappa shape index (κ1) is 13.9. The van der Waals surface area contributed by atoms with Gasteiger partial charge in [0.25, 0.3) is 5.91 Å². The molecule has 1 aliphatic rings. The molecule has 4 nitrogen and oxygen atoms in total. The Kier molecular flexibility index (Phi) is 4.10. The van der Waals surface area contributed by atoms with Gasteiger partial charge in [-0.15, -0.1) is 0 Å². The summed E-state index contributed by atoms with van der Waals surface area (Å²) in [6.45, 7) is 4.43. The predicted molar refractivity (Wildman–Crippen MR) is 75.3 cm³/mol. The molecule has 4 heteroatoms. The molecule has 1 amide bonds. The van der Waals surface area contributed by atoms with Gasteiger partial charge in [0.05, 0.1) is 11.6 Å². The molecule has 0 saturated heterocycles. The maximum atomic E-state index is 12.2. The van der Waals surface area contributed by atoms with Crippen molar-refractivity contribution in [3.05, 3.63) is 29.8 Å².